The third-order valence-corrected chi connectivity index (χ3v) is 10.6. The molecule has 2 aliphatic heterocycles. The van der Waals surface area contributed by atoms with Gasteiger partial charge in [-0.25, -0.2) is 36.7 Å². The molecular weight excluding hydrogens is 804 g/mol. The normalized spacial score (nSPS) is 15.4. The fourth-order valence-electron chi connectivity index (χ4n) is 6.47. The first-order valence-electron chi connectivity index (χ1n) is 17.8. The van der Waals surface area contributed by atoms with Crippen molar-refractivity contribution in [2.75, 3.05) is 32.7 Å². The minimum atomic E-state index is -1.26. The monoisotopic (exact) mass is 842 g/mol. The standard InChI is InChI=1S/C34H31ClF4N2S.2C4H4O4/c35-30-20-29-32(18-24-7-12-27(38)19-33(24)42-34(29)21-31(30)39)41-16-14-40(15-17-41)13-1-2-28(22-3-8-25(36)9-4-22)23-5-10-26(37)11-6-23;2*5-3(6)1-2-4(7)8/h3-12,19-21,28,32H,1-2,13-18H2;2*1-2H,(H,5,6)(H,7,8)/b;2*2-1+. The molecule has 2 heterocycles. The minimum Gasteiger partial charge on any atom is -0.478 e. The maximum atomic E-state index is 14.5. The summed E-state index contributed by atoms with van der Waals surface area (Å²) in [6, 6.07) is 21.3. The van der Waals surface area contributed by atoms with Gasteiger partial charge in [-0.2, -0.15) is 0 Å². The van der Waals surface area contributed by atoms with Crippen LogP contribution < -0.4 is 0 Å². The quantitative estimate of drug-likeness (QED) is 0.0852. The Balaban J connectivity index is 0.000000393. The van der Waals surface area contributed by atoms with Crippen LogP contribution in [0.15, 0.2) is 113 Å². The molecule has 16 heteroatoms. The van der Waals surface area contributed by atoms with Gasteiger partial charge in [-0.05, 0) is 96.6 Å². The van der Waals surface area contributed by atoms with Crippen LogP contribution in [0.5, 0.6) is 0 Å². The van der Waals surface area contributed by atoms with E-state index in [4.69, 9.17) is 32.0 Å². The van der Waals surface area contributed by atoms with Gasteiger partial charge in [0.05, 0.1) is 5.02 Å². The molecule has 0 aliphatic carbocycles. The summed E-state index contributed by atoms with van der Waals surface area (Å²) in [4.78, 5) is 44.7. The lowest BCUT2D eigenvalue weighted by Crippen LogP contribution is -2.48. The number of aliphatic carboxylic acids is 4. The molecule has 0 aromatic heterocycles. The smallest absolute Gasteiger partial charge is 0.328 e. The van der Waals surface area contributed by atoms with Crippen molar-refractivity contribution in [1.29, 1.82) is 0 Å². The van der Waals surface area contributed by atoms with Gasteiger partial charge < -0.3 is 25.3 Å². The molecular formula is C42H39ClF4N2O8S. The van der Waals surface area contributed by atoms with Crippen LogP contribution >= 0.6 is 23.4 Å². The zero-order valence-electron chi connectivity index (χ0n) is 30.7. The molecule has 1 atom stereocenters. The molecule has 0 bridgehead atoms. The number of carboxylic acids is 4. The van der Waals surface area contributed by atoms with E-state index in [1.165, 1.54) is 54.2 Å². The van der Waals surface area contributed by atoms with Gasteiger partial charge >= 0.3 is 23.9 Å². The molecule has 1 saturated heterocycles. The number of benzene rings is 4. The molecule has 1 fully saturated rings. The van der Waals surface area contributed by atoms with Crippen LogP contribution in [0.2, 0.25) is 5.02 Å². The van der Waals surface area contributed by atoms with Crippen LogP contribution in [0.1, 0.15) is 47.1 Å². The van der Waals surface area contributed by atoms with Gasteiger partial charge in [0.1, 0.15) is 23.3 Å². The second kappa shape index (κ2) is 21.9. The van der Waals surface area contributed by atoms with E-state index >= 15 is 0 Å². The molecule has 58 heavy (non-hydrogen) atoms. The van der Waals surface area contributed by atoms with E-state index in [-0.39, 0.29) is 34.4 Å². The number of carbonyl (C=O) groups is 4. The summed E-state index contributed by atoms with van der Waals surface area (Å²) in [5, 5.41) is 31.4. The maximum absolute atomic E-state index is 14.5. The van der Waals surface area contributed by atoms with Crippen LogP contribution in [0, 0.1) is 23.3 Å². The van der Waals surface area contributed by atoms with Gasteiger partial charge in [-0.15, -0.1) is 0 Å². The van der Waals surface area contributed by atoms with Crippen molar-refractivity contribution in [1.82, 2.24) is 9.80 Å². The Labute approximate surface area is 340 Å². The highest BCUT2D eigenvalue weighted by Gasteiger charge is 2.31. The van der Waals surface area contributed by atoms with Crippen LogP contribution in [-0.4, -0.2) is 86.8 Å². The Morgan fingerprint density at radius 2 is 1.16 bits per heavy atom. The van der Waals surface area contributed by atoms with Crippen molar-refractivity contribution in [3.63, 3.8) is 0 Å². The zero-order valence-corrected chi connectivity index (χ0v) is 32.3. The SMILES string of the molecule is Fc1ccc(C(CCCN2CCN(C3Cc4ccc(F)cc4Sc4cc(F)c(Cl)cc43)CC2)c2ccc(F)cc2)cc1.O=C(O)/C=C/C(=O)O.O=C(O)/C=C/C(=O)O. The first-order valence-corrected chi connectivity index (χ1v) is 19.0. The molecule has 4 aromatic carbocycles. The number of piperazine rings is 1. The predicted molar refractivity (Wildman–Crippen MR) is 209 cm³/mol. The Kier molecular flexibility index (Phi) is 17.1. The third kappa shape index (κ3) is 14.2. The van der Waals surface area contributed by atoms with Crippen molar-refractivity contribution in [3.8, 4) is 0 Å². The van der Waals surface area contributed by atoms with Crippen molar-refractivity contribution in [3.05, 3.63) is 154 Å². The zero-order chi connectivity index (χ0) is 42.4. The van der Waals surface area contributed by atoms with E-state index in [0.717, 1.165) is 77.6 Å². The third-order valence-electron chi connectivity index (χ3n) is 9.17. The number of hydrogen-bond acceptors (Lipinski definition) is 7. The first-order chi connectivity index (χ1) is 27.6. The number of fused-ring (bicyclic) bond motifs is 2. The van der Waals surface area contributed by atoms with Gasteiger partial charge in [0, 0.05) is 72.2 Å². The van der Waals surface area contributed by atoms with E-state index in [9.17, 15) is 36.7 Å². The Bertz CT molecular complexity index is 2020. The lowest BCUT2D eigenvalue weighted by atomic mass is 9.87. The van der Waals surface area contributed by atoms with E-state index in [0.29, 0.717) is 30.7 Å². The largest absolute Gasteiger partial charge is 0.478 e. The molecule has 2 aliphatic rings. The fourth-order valence-corrected chi connectivity index (χ4v) is 7.80. The van der Waals surface area contributed by atoms with E-state index < -0.39 is 29.7 Å². The van der Waals surface area contributed by atoms with E-state index in [1.807, 2.05) is 30.3 Å². The number of carboxylic acid groups (broad SMARTS) is 4. The fraction of sp³-hybridized carbons (Fsp3) is 0.238. The number of rotatable bonds is 11. The molecule has 0 radical (unpaired) electrons. The number of halogens is 5. The van der Waals surface area contributed by atoms with Crippen molar-refractivity contribution < 1.29 is 57.2 Å². The molecule has 306 valence electrons. The maximum Gasteiger partial charge on any atom is 0.328 e. The van der Waals surface area contributed by atoms with E-state index in [1.54, 1.807) is 6.07 Å². The lowest BCUT2D eigenvalue weighted by Gasteiger charge is -2.40. The number of nitrogens with zero attached hydrogens (tertiary/aromatic N) is 2. The van der Waals surface area contributed by atoms with Gasteiger partial charge in [0.15, 0.2) is 0 Å². The van der Waals surface area contributed by atoms with Gasteiger partial charge in [0.25, 0.3) is 0 Å². The van der Waals surface area contributed by atoms with Gasteiger partial charge in [-0.1, -0.05) is 53.7 Å². The Hall–Kier alpha value is -5.48. The molecule has 0 amide bonds. The highest BCUT2D eigenvalue weighted by Crippen LogP contribution is 2.45. The molecule has 0 saturated carbocycles. The summed E-state index contributed by atoms with van der Waals surface area (Å²) in [6.07, 6.45) is 4.74. The highest BCUT2D eigenvalue weighted by atomic mass is 35.5. The van der Waals surface area contributed by atoms with Crippen LogP contribution in [0.3, 0.4) is 0 Å². The lowest BCUT2D eigenvalue weighted by molar-refractivity contribution is -0.134. The van der Waals surface area contributed by atoms with Crippen LogP contribution in [0.4, 0.5) is 17.6 Å². The van der Waals surface area contributed by atoms with Crippen molar-refractivity contribution in [2.45, 2.75) is 41.0 Å². The summed E-state index contributed by atoms with van der Waals surface area (Å²) in [5.74, 6) is -6.28. The molecule has 10 nitrogen and oxygen atoms in total. The summed E-state index contributed by atoms with van der Waals surface area (Å²) in [7, 11) is 0. The predicted octanol–water partition coefficient (Wildman–Crippen LogP) is 8.30. The molecule has 0 spiro atoms. The second-order valence-corrected chi connectivity index (χ2v) is 14.6. The molecule has 6 rings (SSSR count). The van der Waals surface area contributed by atoms with Gasteiger partial charge in [-0.3, -0.25) is 4.90 Å². The Morgan fingerprint density at radius 1 is 0.672 bits per heavy atom. The van der Waals surface area contributed by atoms with Crippen molar-refractivity contribution in [2.24, 2.45) is 0 Å². The number of hydrogen-bond donors (Lipinski definition) is 4. The molecule has 1 unspecified atom stereocenters. The van der Waals surface area contributed by atoms with Crippen LogP contribution in [-0.2, 0) is 25.6 Å². The summed E-state index contributed by atoms with van der Waals surface area (Å²) in [6.45, 7) is 4.40. The minimum absolute atomic E-state index is 0.0146. The molecule has 4 aromatic rings. The van der Waals surface area contributed by atoms with Crippen molar-refractivity contribution >= 4 is 47.2 Å². The molecule has 4 N–H and O–H groups in total. The average molecular weight is 843 g/mol. The van der Waals surface area contributed by atoms with Gasteiger partial charge in [0.2, 0.25) is 0 Å². The summed E-state index contributed by atoms with van der Waals surface area (Å²) in [5.41, 5.74) is 4.08. The second-order valence-electron chi connectivity index (χ2n) is 13.1. The van der Waals surface area contributed by atoms with Crippen LogP contribution in [0.25, 0.3) is 0 Å². The van der Waals surface area contributed by atoms with E-state index in [2.05, 4.69) is 9.80 Å². The average Bonchev–Trinajstić information content (AvgIpc) is 3.33. The highest BCUT2D eigenvalue weighted by molar-refractivity contribution is 7.99. The first kappa shape index (κ1) is 45.2. The summed E-state index contributed by atoms with van der Waals surface area (Å²) < 4.78 is 55.7. The topological polar surface area (TPSA) is 156 Å². The Morgan fingerprint density at radius 3 is 1.64 bits per heavy atom. The summed E-state index contributed by atoms with van der Waals surface area (Å²) >= 11 is 7.64.